The number of nitrogens with zero attached hydrogens (tertiary/aromatic N) is 1. The standard InChI is InChI=1S/C10H22N2O2S/c1-4-12(10-7-11-8-10)5-6-15(13,14)9(2)3/h9-11H,4-8H2,1-3H3. The Morgan fingerprint density at radius 2 is 2.00 bits per heavy atom. The second-order valence-electron chi connectivity index (χ2n) is 4.36. The molecule has 0 saturated carbocycles. The molecule has 4 nitrogen and oxygen atoms in total. The predicted molar refractivity (Wildman–Crippen MR) is 62.8 cm³/mol. The van der Waals surface area contributed by atoms with Crippen LogP contribution in [-0.2, 0) is 9.84 Å². The highest BCUT2D eigenvalue weighted by atomic mass is 32.2. The number of rotatable bonds is 6. The average molecular weight is 234 g/mol. The van der Waals surface area contributed by atoms with Gasteiger partial charge in [-0.05, 0) is 20.4 Å². The van der Waals surface area contributed by atoms with Crippen LogP contribution in [0.2, 0.25) is 0 Å². The molecule has 0 bridgehead atoms. The van der Waals surface area contributed by atoms with E-state index in [2.05, 4.69) is 17.1 Å². The van der Waals surface area contributed by atoms with Gasteiger partial charge in [-0.2, -0.15) is 0 Å². The maximum Gasteiger partial charge on any atom is 0.153 e. The first kappa shape index (κ1) is 12.9. The van der Waals surface area contributed by atoms with Gasteiger partial charge >= 0.3 is 0 Å². The van der Waals surface area contributed by atoms with Crippen molar-refractivity contribution in [2.75, 3.05) is 31.9 Å². The van der Waals surface area contributed by atoms with Crippen molar-refractivity contribution in [2.45, 2.75) is 32.1 Å². The smallest absolute Gasteiger partial charge is 0.153 e. The molecule has 0 atom stereocenters. The highest BCUT2D eigenvalue weighted by Crippen LogP contribution is 2.07. The third-order valence-electron chi connectivity index (χ3n) is 3.06. The molecule has 0 amide bonds. The Labute approximate surface area is 93.0 Å². The van der Waals surface area contributed by atoms with Gasteiger partial charge in [0.1, 0.15) is 0 Å². The van der Waals surface area contributed by atoms with Gasteiger partial charge in [-0.1, -0.05) is 6.92 Å². The molecule has 1 heterocycles. The lowest BCUT2D eigenvalue weighted by Gasteiger charge is -2.37. The van der Waals surface area contributed by atoms with Gasteiger partial charge in [-0.15, -0.1) is 0 Å². The topological polar surface area (TPSA) is 49.4 Å². The largest absolute Gasteiger partial charge is 0.314 e. The van der Waals surface area contributed by atoms with Crippen LogP contribution in [0, 0.1) is 0 Å². The van der Waals surface area contributed by atoms with E-state index in [1.807, 2.05) is 0 Å². The number of hydrogen-bond acceptors (Lipinski definition) is 4. The maximum absolute atomic E-state index is 11.6. The molecule has 1 aliphatic heterocycles. The Morgan fingerprint density at radius 1 is 1.40 bits per heavy atom. The lowest BCUT2D eigenvalue weighted by molar-refractivity contribution is 0.161. The summed E-state index contributed by atoms with van der Waals surface area (Å²) in [6, 6.07) is 0.539. The fourth-order valence-corrected chi connectivity index (χ4v) is 2.57. The Bertz CT molecular complexity index is 284. The molecule has 90 valence electrons. The second kappa shape index (κ2) is 5.27. The SMILES string of the molecule is CCN(CCS(=O)(=O)C(C)C)C1CNC1. The van der Waals surface area contributed by atoms with Gasteiger partial charge in [0.2, 0.25) is 0 Å². The van der Waals surface area contributed by atoms with Gasteiger partial charge < -0.3 is 5.32 Å². The minimum absolute atomic E-state index is 0.254. The van der Waals surface area contributed by atoms with Crippen LogP contribution in [0.25, 0.3) is 0 Å². The van der Waals surface area contributed by atoms with Crippen molar-refractivity contribution in [3.8, 4) is 0 Å². The zero-order valence-corrected chi connectivity index (χ0v) is 10.7. The lowest BCUT2D eigenvalue weighted by atomic mass is 10.1. The molecule has 0 spiro atoms. The van der Waals surface area contributed by atoms with Crippen molar-refractivity contribution in [2.24, 2.45) is 0 Å². The van der Waals surface area contributed by atoms with E-state index in [9.17, 15) is 8.42 Å². The first-order valence-electron chi connectivity index (χ1n) is 5.63. The number of hydrogen-bond donors (Lipinski definition) is 1. The Balaban J connectivity index is 2.40. The molecule has 15 heavy (non-hydrogen) atoms. The molecule has 0 aromatic heterocycles. The Morgan fingerprint density at radius 3 is 2.33 bits per heavy atom. The summed E-state index contributed by atoms with van der Waals surface area (Å²) in [6.45, 7) is 9.17. The molecule has 1 rings (SSSR count). The molecule has 1 aliphatic rings. The van der Waals surface area contributed by atoms with Crippen LogP contribution in [0.3, 0.4) is 0 Å². The van der Waals surface area contributed by atoms with Gasteiger partial charge in [0.15, 0.2) is 9.84 Å². The van der Waals surface area contributed by atoms with Crippen molar-refractivity contribution in [3.63, 3.8) is 0 Å². The molecule has 0 aromatic rings. The van der Waals surface area contributed by atoms with Gasteiger partial charge in [0.05, 0.1) is 11.0 Å². The highest BCUT2D eigenvalue weighted by Gasteiger charge is 2.25. The molecule has 0 radical (unpaired) electrons. The zero-order valence-electron chi connectivity index (χ0n) is 9.86. The van der Waals surface area contributed by atoms with Crippen LogP contribution >= 0.6 is 0 Å². The summed E-state index contributed by atoms with van der Waals surface area (Å²) < 4.78 is 23.3. The fourth-order valence-electron chi connectivity index (χ4n) is 1.61. The predicted octanol–water partition coefficient (Wildman–Crippen LogP) is 0.103. The lowest BCUT2D eigenvalue weighted by Crippen LogP contribution is -2.57. The molecule has 1 saturated heterocycles. The molecular formula is C10H22N2O2S. The van der Waals surface area contributed by atoms with Gasteiger partial charge in [-0.3, -0.25) is 4.90 Å². The van der Waals surface area contributed by atoms with Gasteiger partial charge in [0.25, 0.3) is 0 Å². The van der Waals surface area contributed by atoms with E-state index in [-0.39, 0.29) is 11.0 Å². The Kier molecular flexibility index (Phi) is 4.55. The molecule has 0 unspecified atom stereocenters. The summed E-state index contributed by atoms with van der Waals surface area (Å²) in [4.78, 5) is 2.25. The van der Waals surface area contributed by atoms with E-state index in [1.54, 1.807) is 13.8 Å². The summed E-state index contributed by atoms with van der Waals surface area (Å²) in [5.74, 6) is 0.287. The third kappa shape index (κ3) is 3.43. The maximum atomic E-state index is 11.6. The summed E-state index contributed by atoms with van der Waals surface area (Å²) in [5, 5.41) is 2.95. The van der Waals surface area contributed by atoms with Crippen LogP contribution in [0.1, 0.15) is 20.8 Å². The summed E-state index contributed by atoms with van der Waals surface area (Å²) in [5.41, 5.74) is 0. The van der Waals surface area contributed by atoms with Crippen LogP contribution < -0.4 is 5.32 Å². The van der Waals surface area contributed by atoms with Gasteiger partial charge in [-0.25, -0.2) is 8.42 Å². The summed E-state index contributed by atoms with van der Waals surface area (Å²) in [7, 11) is -2.88. The minimum Gasteiger partial charge on any atom is -0.314 e. The highest BCUT2D eigenvalue weighted by molar-refractivity contribution is 7.92. The first-order chi connectivity index (χ1) is 6.97. The van der Waals surface area contributed by atoms with Crippen molar-refractivity contribution >= 4 is 9.84 Å². The molecule has 1 fully saturated rings. The number of sulfone groups is 1. The zero-order chi connectivity index (χ0) is 11.5. The number of nitrogens with one attached hydrogen (secondary N) is 1. The fraction of sp³-hybridized carbons (Fsp3) is 1.00. The summed E-state index contributed by atoms with van der Waals surface area (Å²) >= 11 is 0. The first-order valence-corrected chi connectivity index (χ1v) is 7.35. The van der Waals surface area contributed by atoms with Crippen molar-refractivity contribution in [1.29, 1.82) is 0 Å². The van der Waals surface area contributed by atoms with Crippen molar-refractivity contribution < 1.29 is 8.42 Å². The average Bonchev–Trinajstić information content (AvgIpc) is 2.08. The van der Waals surface area contributed by atoms with E-state index in [0.29, 0.717) is 12.6 Å². The van der Waals surface area contributed by atoms with Crippen molar-refractivity contribution in [3.05, 3.63) is 0 Å². The molecule has 0 aromatic carbocycles. The molecule has 5 heteroatoms. The monoisotopic (exact) mass is 234 g/mol. The van der Waals surface area contributed by atoms with E-state index in [1.165, 1.54) is 0 Å². The van der Waals surface area contributed by atoms with Crippen LogP contribution in [-0.4, -0.2) is 56.5 Å². The quantitative estimate of drug-likeness (QED) is 0.708. The van der Waals surface area contributed by atoms with E-state index in [0.717, 1.165) is 19.6 Å². The van der Waals surface area contributed by atoms with E-state index < -0.39 is 9.84 Å². The van der Waals surface area contributed by atoms with Gasteiger partial charge in [0, 0.05) is 25.7 Å². The summed E-state index contributed by atoms with van der Waals surface area (Å²) in [6.07, 6.45) is 0. The van der Waals surface area contributed by atoms with E-state index in [4.69, 9.17) is 0 Å². The van der Waals surface area contributed by atoms with Crippen LogP contribution in [0.4, 0.5) is 0 Å². The second-order valence-corrected chi connectivity index (χ2v) is 7.03. The van der Waals surface area contributed by atoms with E-state index >= 15 is 0 Å². The van der Waals surface area contributed by atoms with Crippen molar-refractivity contribution in [1.82, 2.24) is 10.2 Å². The normalized spacial score (nSPS) is 18.5. The van der Waals surface area contributed by atoms with Crippen LogP contribution in [0.5, 0.6) is 0 Å². The molecular weight excluding hydrogens is 212 g/mol. The molecule has 0 aliphatic carbocycles. The third-order valence-corrected chi connectivity index (χ3v) is 5.25. The van der Waals surface area contributed by atoms with Crippen LogP contribution in [0.15, 0.2) is 0 Å². The molecule has 1 N–H and O–H groups in total. The number of likely N-dealkylation sites (N-methyl/N-ethyl adjacent to an activating group) is 1. The minimum atomic E-state index is -2.88. The Hall–Kier alpha value is -0.130.